The minimum atomic E-state index is -0.0330. The Morgan fingerprint density at radius 2 is 2.17 bits per heavy atom. The Hall–Kier alpha value is -0.660. The summed E-state index contributed by atoms with van der Waals surface area (Å²) in [4.78, 5) is 19.6. The number of rotatable bonds is 2. The Bertz CT molecular complexity index is 643. The van der Waals surface area contributed by atoms with Crippen LogP contribution in [-0.4, -0.2) is 34.9 Å². The van der Waals surface area contributed by atoms with Crippen molar-refractivity contribution in [2.24, 2.45) is 11.1 Å². The summed E-state index contributed by atoms with van der Waals surface area (Å²) in [5, 5.41) is 4.98. The maximum absolute atomic E-state index is 12.6. The van der Waals surface area contributed by atoms with Crippen molar-refractivity contribution < 1.29 is 4.79 Å². The van der Waals surface area contributed by atoms with E-state index in [1.807, 2.05) is 16.3 Å². The average molecular weight is 394 g/mol. The van der Waals surface area contributed by atoms with Gasteiger partial charge in [-0.25, -0.2) is 4.98 Å². The van der Waals surface area contributed by atoms with E-state index in [1.54, 1.807) is 17.5 Å². The first-order valence-corrected chi connectivity index (χ1v) is 8.76. The number of thiophene rings is 1. The zero-order valence-electron chi connectivity index (χ0n) is 13.0. The van der Waals surface area contributed by atoms with Crippen molar-refractivity contribution in [1.82, 2.24) is 9.88 Å². The Morgan fingerprint density at radius 1 is 1.43 bits per heavy atom. The second-order valence-electron chi connectivity index (χ2n) is 6.15. The lowest BCUT2D eigenvalue weighted by Gasteiger charge is -2.42. The second-order valence-corrected chi connectivity index (χ2v) is 7.96. The van der Waals surface area contributed by atoms with Gasteiger partial charge in [0.1, 0.15) is 9.88 Å². The first-order valence-electron chi connectivity index (χ1n) is 7.00. The minimum Gasteiger partial charge on any atom is -0.337 e. The fourth-order valence-corrected chi connectivity index (χ4v) is 4.19. The lowest BCUT2D eigenvalue weighted by atomic mass is 9.79. The number of nitrogens with zero attached hydrogens (tertiary/aromatic N) is 2. The average Bonchev–Trinajstić information content (AvgIpc) is 3.10. The lowest BCUT2D eigenvalue weighted by Crippen LogP contribution is -2.53. The zero-order valence-corrected chi connectivity index (χ0v) is 16.3. The van der Waals surface area contributed by atoms with Gasteiger partial charge >= 0.3 is 0 Å². The van der Waals surface area contributed by atoms with Crippen molar-refractivity contribution in [3.05, 3.63) is 27.9 Å². The molecule has 0 aromatic carbocycles. The smallest absolute Gasteiger partial charge is 0.265 e. The van der Waals surface area contributed by atoms with Crippen molar-refractivity contribution in [3.8, 4) is 10.6 Å². The van der Waals surface area contributed by atoms with Crippen LogP contribution in [0, 0.1) is 5.41 Å². The number of thiazole rings is 1. The highest BCUT2D eigenvalue weighted by molar-refractivity contribution is 7.17. The molecule has 128 valence electrons. The van der Waals surface area contributed by atoms with E-state index >= 15 is 0 Å². The normalized spacial score (nSPS) is 19.6. The van der Waals surface area contributed by atoms with E-state index < -0.39 is 0 Å². The summed E-state index contributed by atoms with van der Waals surface area (Å²) in [6.07, 6.45) is 2.55. The molecule has 0 spiro atoms. The Labute approximate surface area is 156 Å². The van der Waals surface area contributed by atoms with E-state index in [0.717, 1.165) is 23.5 Å². The number of carbonyl (C=O) groups is 1. The molecule has 1 aliphatic heterocycles. The van der Waals surface area contributed by atoms with Crippen LogP contribution in [0.25, 0.3) is 10.6 Å². The van der Waals surface area contributed by atoms with Gasteiger partial charge in [0.2, 0.25) is 0 Å². The van der Waals surface area contributed by atoms with Gasteiger partial charge in [-0.15, -0.1) is 36.2 Å². The molecule has 1 unspecified atom stereocenters. The number of halogens is 2. The molecule has 2 aromatic rings. The van der Waals surface area contributed by atoms with Crippen molar-refractivity contribution in [2.45, 2.75) is 26.3 Å². The first kappa shape index (κ1) is 20.4. The molecule has 2 aromatic heterocycles. The summed E-state index contributed by atoms with van der Waals surface area (Å²) in [7, 11) is 0. The molecule has 1 atom stereocenters. The molecule has 1 fully saturated rings. The third-order valence-electron chi connectivity index (χ3n) is 4.08. The van der Waals surface area contributed by atoms with E-state index in [1.165, 1.54) is 11.3 Å². The van der Waals surface area contributed by atoms with Crippen LogP contribution in [0.4, 0.5) is 0 Å². The number of piperidine rings is 1. The molecule has 8 heteroatoms. The van der Waals surface area contributed by atoms with Gasteiger partial charge in [-0.2, -0.15) is 11.3 Å². The standard InChI is InChI=1S/C15H19N3OS2.2ClH/c1-15(2)9-18(5-3-12(15)16)14(19)11-7-17-13(21-11)10-4-6-20-8-10;;/h4,6-8,12H,3,5,9,16H2,1-2H3;2*1H. The van der Waals surface area contributed by atoms with Gasteiger partial charge in [-0.3, -0.25) is 4.79 Å². The Morgan fingerprint density at radius 3 is 2.78 bits per heavy atom. The van der Waals surface area contributed by atoms with Gasteiger partial charge in [-0.1, -0.05) is 13.8 Å². The Balaban J connectivity index is 0.00000132. The summed E-state index contributed by atoms with van der Waals surface area (Å²) in [6, 6.07) is 2.19. The number of amides is 1. The molecule has 0 bridgehead atoms. The fourth-order valence-electron chi connectivity index (χ4n) is 2.60. The monoisotopic (exact) mass is 393 g/mol. The van der Waals surface area contributed by atoms with E-state index in [2.05, 4.69) is 24.2 Å². The van der Waals surface area contributed by atoms with E-state index in [-0.39, 0.29) is 42.2 Å². The molecule has 1 saturated heterocycles. The number of hydrogen-bond donors (Lipinski definition) is 1. The number of nitrogens with two attached hydrogens (primary N) is 1. The number of aromatic nitrogens is 1. The SMILES string of the molecule is CC1(C)CN(C(=O)c2cnc(-c3ccsc3)s2)CCC1N.Cl.Cl. The summed E-state index contributed by atoms with van der Waals surface area (Å²) >= 11 is 3.10. The molecule has 2 N–H and O–H groups in total. The van der Waals surface area contributed by atoms with E-state index in [0.29, 0.717) is 11.4 Å². The van der Waals surface area contributed by atoms with Crippen molar-refractivity contribution >= 4 is 53.4 Å². The molecule has 0 aliphatic carbocycles. The van der Waals surface area contributed by atoms with Crippen molar-refractivity contribution in [3.63, 3.8) is 0 Å². The number of likely N-dealkylation sites (tertiary alicyclic amines) is 1. The lowest BCUT2D eigenvalue weighted by molar-refractivity contribution is 0.0537. The minimum absolute atomic E-state index is 0. The van der Waals surface area contributed by atoms with Crippen LogP contribution in [0.15, 0.2) is 23.0 Å². The zero-order chi connectivity index (χ0) is 15.0. The quantitative estimate of drug-likeness (QED) is 0.840. The molecule has 3 rings (SSSR count). The van der Waals surface area contributed by atoms with Gasteiger partial charge in [0.25, 0.3) is 5.91 Å². The van der Waals surface area contributed by atoms with E-state index in [4.69, 9.17) is 5.73 Å². The van der Waals surface area contributed by atoms with Crippen LogP contribution in [0.1, 0.15) is 29.9 Å². The van der Waals surface area contributed by atoms with Crippen LogP contribution in [-0.2, 0) is 0 Å². The highest BCUT2D eigenvalue weighted by Crippen LogP contribution is 2.31. The molecule has 0 radical (unpaired) electrons. The van der Waals surface area contributed by atoms with Crippen LogP contribution < -0.4 is 5.73 Å². The topological polar surface area (TPSA) is 59.2 Å². The Kier molecular flexibility index (Phi) is 7.04. The van der Waals surface area contributed by atoms with Gasteiger partial charge in [0.05, 0.1) is 6.20 Å². The highest BCUT2D eigenvalue weighted by atomic mass is 35.5. The van der Waals surface area contributed by atoms with Gasteiger partial charge in [0, 0.05) is 30.1 Å². The number of hydrogen-bond acceptors (Lipinski definition) is 5. The molecule has 0 saturated carbocycles. The van der Waals surface area contributed by atoms with Gasteiger partial charge in [-0.05, 0) is 23.3 Å². The van der Waals surface area contributed by atoms with Crippen LogP contribution in [0.2, 0.25) is 0 Å². The maximum Gasteiger partial charge on any atom is 0.265 e. The predicted molar refractivity (Wildman–Crippen MR) is 102 cm³/mol. The third-order valence-corrected chi connectivity index (χ3v) is 5.80. The molecular formula is C15H21Cl2N3OS2. The van der Waals surface area contributed by atoms with Crippen molar-refractivity contribution in [1.29, 1.82) is 0 Å². The van der Waals surface area contributed by atoms with Gasteiger partial charge in [0.15, 0.2) is 0 Å². The van der Waals surface area contributed by atoms with Crippen molar-refractivity contribution in [2.75, 3.05) is 13.1 Å². The molecule has 1 amide bonds. The summed E-state index contributed by atoms with van der Waals surface area (Å²) in [5.74, 6) is 0.0777. The summed E-state index contributed by atoms with van der Waals surface area (Å²) in [5.41, 5.74) is 7.19. The van der Waals surface area contributed by atoms with Crippen LogP contribution in [0.3, 0.4) is 0 Å². The van der Waals surface area contributed by atoms with Crippen LogP contribution in [0.5, 0.6) is 0 Å². The predicted octanol–water partition coefficient (Wildman–Crippen LogP) is 3.91. The molecule has 1 aliphatic rings. The van der Waals surface area contributed by atoms with E-state index in [9.17, 15) is 4.79 Å². The maximum atomic E-state index is 12.6. The fraction of sp³-hybridized carbons (Fsp3) is 0.467. The van der Waals surface area contributed by atoms with Crippen LogP contribution >= 0.6 is 47.5 Å². The summed E-state index contributed by atoms with van der Waals surface area (Å²) < 4.78 is 0. The molecular weight excluding hydrogens is 373 g/mol. The largest absolute Gasteiger partial charge is 0.337 e. The van der Waals surface area contributed by atoms with Gasteiger partial charge < -0.3 is 10.6 Å². The molecule has 3 heterocycles. The highest BCUT2D eigenvalue weighted by Gasteiger charge is 2.36. The second kappa shape index (κ2) is 7.94. The third kappa shape index (κ3) is 4.25. The number of carbonyl (C=O) groups excluding carboxylic acids is 1. The molecule has 23 heavy (non-hydrogen) atoms. The first-order chi connectivity index (χ1) is 9.97. The molecule has 4 nitrogen and oxygen atoms in total. The summed E-state index contributed by atoms with van der Waals surface area (Å²) in [6.45, 7) is 5.69.